The number of benzene rings is 2. The molecular formula is C20H21N3O2. The van der Waals surface area contributed by atoms with Gasteiger partial charge in [-0.25, -0.2) is 0 Å². The van der Waals surface area contributed by atoms with Crippen molar-refractivity contribution in [3.8, 4) is 6.07 Å². The van der Waals surface area contributed by atoms with Crippen LogP contribution in [0.3, 0.4) is 0 Å². The summed E-state index contributed by atoms with van der Waals surface area (Å²) in [6.07, 6.45) is 0.205. The van der Waals surface area contributed by atoms with E-state index in [2.05, 4.69) is 5.32 Å². The van der Waals surface area contributed by atoms with Crippen molar-refractivity contribution in [1.82, 2.24) is 4.90 Å². The average molecular weight is 335 g/mol. The molecule has 1 atom stereocenters. The smallest absolute Gasteiger partial charge is 0.226 e. The molecule has 5 nitrogen and oxygen atoms in total. The van der Waals surface area contributed by atoms with Crippen LogP contribution in [0.25, 0.3) is 0 Å². The van der Waals surface area contributed by atoms with E-state index in [9.17, 15) is 9.59 Å². The number of amides is 2. The second-order valence-corrected chi connectivity index (χ2v) is 5.79. The molecule has 2 aromatic carbocycles. The fourth-order valence-corrected chi connectivity index (χ4v) is 2.61. The Morgan fingerprint density at radius 2 is 1.76 bits per heavy atom. The van der Waals surface area contributed by atoms with Crippen molar-refractivity contribution in [3.05, 3.63) is 65.7 Å². The van der Waals surface area contributed by atoms with Crippen molar-refractivity contribution in [2.45, 2.75) is 26.3 Å². The molecule has 128 valence electrons. The maximum absolute atomic E-state index is 12.1. The summed E-state index contributed by atoms with van der Waals surface area (Å²) < 4.78 is 0. The summed E-state index contributed by atoms with van der Waals surface area (Å²) in [5.74, 6) is -0.237. The first kappa shape index (κ1) is 18.2. The van der Waals surface area contributed by atoms with Crippen molar-refractivity contribution in [1.29, 1.82) is 5.26 Å². The van der Waals surface area contributed by atoms with Crippen LogP contribution in [0.2, 0.25) is 0 Å². The van der Waals surface area contributed by atoms with Gasteiger partial charge in [0.05, 0.1) is 17.7 Å². The lowest BCUT2D eigenvalue weighted by Crippen LogP contribution is -2.34. The molecule has 0 spiro atoms. The van der Waals surface area contributed by atoms with E-state index in [-0.39, 0.29) is 24.3 Å². The number of nitriles is 1. The van der Waals surface area contributed by atoms with Crippen LogP contribution in [-0.4, -0.2) is 23.3 Å². The van der Waals surface area contributed by atoms with Gasteiger partial charge in [-0.05, 0) is 36.8 Å². The maximum atomic E-state index is 12.1. The molecule has 0 radical (unpaired) electrons. The zero-order valence-corrected chi connectivity index (χ0v) is 14.4. The molecule has 0 heterocycles. The second-order valence-electron chi connectivity index (χ2n) is 5.79. The number of nitrogens with zero attached hydrogens (tertiary/aromatic N) is 2. The van der Waals surface area contributed by atoms with Crippen LogP contribution in [0, 0.1) is 11.3 Å². The first-order chi connectivity index (χ1) is 12.0. The fourth-order valence-electron chi connectivity index (χ4n) is 2.61. The Morgan fingerprint density at radius 3 is 2.32 bits per heavy atom. The maximum Gasteiger partial charge on any atom is 0.226 e. The topological polar surface area (TPSA) is 73.2 Å². The van der Waals surface area contributed by atoms with E-state index >= 15 is 0 Å². The van der Waals surface area contributed by atoms with Crippen LogP contribution >= 0.6 is 0 Å². The van der Waals surface area contributed by atoms with E-state index in [1.54, 1.807) is 29.2 Å². The second kappa shape index (κ2) is 8.65. The summed E-state index contributed by atoms with van der Waals surface area (Å²) >= 11 is 0. The quantitative estimate of drug-likeness (QED) is 0.878. The van der Waals surface area contributed by atoms with Crippen molar-refractivity contribution in [3.63, 3.8) is 0 Å². The molecule has 0 aliphatic heterocycles. The van der Waals surface area contributed by atoms with E-state index in [1.165, 1.54) is 6.92 Å². The highest BCUT2D eigenvalue weighted by Gasteiger charge is 2.19. The van der Waals surface area contributed by atoms with Crippen LogP contribution in [0.5, 0.6) is 0 Å². The van der Waals surface area contributed by atoms with Crippen molar-refractivity contribution in [2.24, 2.45) is 0 Å². The minimum absolute atomic E-state index is 0.0671. The molecule has 5 heteroatoms. The molecule has 0 fully saturated rings. The van der Waals surface area contributed by atoms with Gasteiger partial charge in [0, 0.05) is 25.6 Å². The van der Waals surface area contributed by atoms with E-state index in [1.807, 2.05) is 43.3 Å². The fraction of sp³-hybridized carbons (Fsp3) is 0.250. The predicted octanol–water partition coefficient (Wildman–Crippen LogP) is 3.50. The zero-order valence-electron chi connectivity index (χ0n) is 14.4. The van der Waals surface area contributed by atoms with E-state index in [4.69, 9.17) is 5.26 Å². The zero-order chi connectivity index (χ0) is 18.2. The van der Waals surface area contributed by atoms with Gasteiger partial charge in [-0.2, -0.15) is 5.26 Å². The summed E-state index contributed by atoms with van der Waals surface area (Å²) in [6.45, 7) is 3.81. The summed E-state index contributed by atoms with van der Waals surface area (Å²) in [5, 5.41) is 11.6. The van der Waals surface area contributed by atoms with Gasteiger partial charge in [-0.1, -0.05) is 30.3 Å². The standard InChI is InChI=1S/C20H21N3O2/c1-15(18-6-4-3-5-7-18)23(16(2)24)13-12-20(25)22-19-10-8-17(14-21)9-11-19/h3-11,15H,12-13H2,1-2H3,(H,22,25). The van der Waals surface area contributed by atoms with Crippen LogP contribution in [-0.2, 0) is 9.59 Å². The molecule has 25 heavy (non-hydrogen) atoms. The highest BCUT2D eigenvalue weighted by atomic mass is 16.2. The van der Waals surface area contributed by atoms with Gasteiger partial charge in [-0.15, -0.1) is 0 Å². The Bertz CT molecular complexity index is 764. The largest absolute Gasteiger partial charge is 0.336 e. The van der Waals surface area contributed by atoms with Crippen molar-refractivity contribution in [2.75, 3.05) is 11.9 Å². The number of rotatable bonds is 6. The molecule has 2 aromatic rings. The summed E-state index contributed by atoms with van der Waals surface area (Å²) in [6, 6.07) is 18.3. The molecule has 1 unspecified atom stereocenters. The third kappa shape index (κ3) is 5.18. The number of carbonyl (C=O) groups excluding carboxylic acids is 2. The molecule has 0 saturated carbocycles. The number of hydrogen-bond donors (Lipinski definition) is 1. The summed E-state index contributed by atoms with van der Waals surface area (Å²) in [7, 11) is 0. The van der Waals surface area contributed by atoms with E-state index < -0.39 is 0 Å². The van der Waals surface area contributed by atoms with Gasteiger partial charge in [0.2, 0.25) is 11.8 Å². The third-order valence-corrected chi connectivity index (χ3v) is 4.03. The Morgan fingerprint density at radius 1 is 1.12 bits per heavy atom. The first-order valence-electron chi connectivity index (χ1n) is 8.13. The molecule has 0 saturated heterocycles. The highest BCUT2D eigenvalue weighted by Crippen LogP contribution is 2.20. The number of hydrogen-bond acceptors (Lipinski definition) is 3. The Balaban J connectivity index is 1.95. The molecule has 2 amide bonds. The minimum Gasteiger partial charge on any atom is -0.336 e. The van der Waals surface area contributed by atoms with Gasteiger partial charge < -0.3 is 10.2 Å². The van der Waals surface area contributed by atoms with Gasteiger partial charge in [0.25, 0.3) is 0 Å². The Labute approximate surface area is 147 Å². The molecule has 0 aromatic heterocycles. The number of carbonyl (C=O) groups is 2. The summed E-state index contributed by atoms with van der Waals surface area (Å²) in [4.78, 5) is 25.8. The van der Waals surface area contributed by atoms with Crippen LogP contribution < -0.4 is 5.32 Å². The number of nitrogens with one attached hydrogen (secondary N) is 1. The summed E-state index contributed by atoms with van der Waals surface area (Å²) in [5.41, 5.74) is 2.21. The Hall–Kier alpha value is -3.13. The average Bonchev–Trinajstić information content (AvgIpc) is 2.62. The van der Waals surface area contributed by atoms with Crippen LogP contribution in [0.4, 0.5) is 5.69 Å². The highest BCUT2D eigenvalue weighted by molar-refractivity contribution is 5.91. The van der Waals surface area contributed by atoms with Crippen molar-refractivity contribution < 1.29 is 9.59 Å². The monoisotopic (exact) mass is 335 g/mol. The molecular weight excluding hydrogens is 314 g/mol. The van der Waals surface area contributed by atoms with Gasteiger partial charge in [0.15, 0.2) is 0 Å². The lowest BCUT2D eigenvalue weighted by atomic mass is 10.1. The lowest BCUT2D eigenvalue weighted by molar-refractivity contribution is -0.131. The molecule has 0 aliphatic rings. The van der Waals surface area contributed by atoms with E-state index in [0.29, 0.717) is 17.8 Å². The molecule has 0 bridgehead atoms. The predicted molar refractivity (Wildman–Crippen MR) is 96.6 cm³/mol. The third-order valence-electron chi connectivity index (χ3n) is 4.03. The van der Waals surface area contributed by atoms with Gasteiger partial charge in [0.1, 0.15) is 0 Å². The van der Waals surface area contributed by atoms with Gasteiger partial charge >= 0.3 is 0 Å². The van der Waals surface area contributed by atoms with E-state index in [0.717, 1.165) is 5.56 Å². The minimum atomic E-state index is -0.170. The Kier molecular flexibility index (Phi) is 6.30. The molecule has 1 N–H and O–H groups in total. The van der Waals surface area contributed by atoms with Crippen LogP contribution in [0.1, 0.15) is 37.4 Å². The SMILES string of the molecule is CC(=O)N(CCC(=O)Nc1ccc(C#N)cc1)C(C)c1ccccc1. The lowest BCUT2D eigenvalue weighted by Gasteiger charge is -2.28. The van der Waals surface area contributed by atoms with Gasteiger partial charge in [-0.3, -0.25) is 9.59 Å². The first-order valence-corrected chi connectivity index (χ1v) is 8.13. The molecule has 2 rings (SSSR count). The van der Waals surface area contributed by atoms with Crippen molar-refractivity contribution >= 4 is 17.5 Å². The molecule has 0 aliphatic carbocycles. The normalized spacial score (nSPS) is 11.2. The van der Waals surface area contributed by atoms with Crippen LogP contribution in [0.15, 0.2) is 54.6 Å². The number of anilines is 1.